The Balaban J connectivity index is 2.22. The molecule has 0 saturated carbocycles. The zero-order valence-electron chi connectivity index (χ0n) is 9.12. The third-order valence-electron chi connectivity index (χ3n) is 2.03. The maximum absolute atomic E-state index is 8.56. The van der Waals surface area contributed by atoms with Crippen LogP contribution in [0.25, 0.3) is 0 Å². The molecule has 5 heteroatoms. The van der Waals surface area contributed by atoms with Crippen LogP contribution in [0.15, 0.2) is 36.7 Å². The van der Waals surface area contributed by atoms with E-state index in [0.717, 1.165) is 0 Å². The SMILES string of the molecule is COc1ccccc1Oc1cnc(C#N)nc1. The molecule has 0 unspecified atom stereocenters. The quantitative estimate of drug-likeness (QED) is 0.803. The summed E-state index contributed by atoms with van der Waals surface area (Å²) in [5.74, 6) is 1.76. The fourth-order valence-electron chi connectivity index (χ4n) is 1.26. The zero-order valence-corrected chi connectivity index (χ0v) is 9.12. The van der Waals surface area contributed by atoms with E-state index in [-0.39, 0.29) is 5.82 Å². The smallest absolute Gasteiger partial charge is 0.232 e. The molecule has 5 nitrogen and oxygen atoms in total. The lowest BCUT2D eigenvalue weighted by Gasteiger charge is -2.08. The van der Waals surface area contributed by atoms with E-state index in [1.54, 1.807) is 19.2 Å². The van der Waals surface area contributed by atoms with Gasteiger partial charge in [-0.25, -0.2) is 9.97 Å². The maximum Gasteiger partial charge on any atom is 0.232 e. The van der Waals surface area contributed by atoms with Crippen LogP contribution >= 0.6 is 0 Å². The van der Waals surface area contributed by atoms with Crippen molar-refractivity contribution < 1.29 is 9.47 Å². The lowest BCUT2D eigenvalue weighted by Crippen LogP contribution is -1.93. The molecule has 0 saturated heterocycles. The van der Waals surface area contributed by atoms with Crippen molar-refractivity contribution >= 4 is 0 Å². The number of methoxy groups -OCH3 is 1. The lowest BCUT2D eigenvalue weighted by atomic mass is 10.3. The summed E-state index contributed by atoms with van der Waals surface area (Å²) in [6.45, 7) is 0. The van der Waals surface area contributed by atoms with Gasteiger partial charge in [0.15, 0.2) is 17.2 Å². The molecule has 84 valence electrons. The first-order valence-electron chi connectivity index (χ1n) is 4.86. The number of hydrogen-bond donors (Lipinski definition) is 0. The van der Waals surface area contributed by atoms with Gasteiger partial charge in [0.1, 0.15) is 6.07 Å². The van der Waals surface area contributed by atoms with Gasteiger partial charge in [-0.3, -0.25) is 0 Å². The highest BCUT2D eigenvalue weighted by atomic mass is 16.5. The van der Waals surface area contributed by atoms with Crippen LogP contribution < -0.4 is 9.47 Å². The Morgan fingerprint density at radius 2 is 1.76 bits per heavy atom. The summed E-state index contributed by atoms with van der Waals surface area (Å²) in [6, 6.07) is 9.09. The van der Waals surface area contributed by atoms with Crippen molar-refractivity contribution in [2.45, 2.75) is 0 Å². The van der Waals surface area contributed by atoms with Gasteiger partial charge in [-0.05, 0) is 12.1 Å². The molecular formula is C12H9N3O2. The van der Waals surface area contributed by atoms with Crippen molar-refractivity contribution in [3.05, 3.63) is 42.5 Å². The second-order valence-corrected chi connectivity index (χ2v) is 3.11. The number of nitriles is 1. The van der Waals surface area contributed by atoms with Crippen LogP contribution in [-0.2, 0) is 0 Å². The van der Waals surface area contributed by atoms with Gasteiger partial charge < -0.3 is 9.47 Å². The number of aromatic nitrogens is 2. The van der Waals surface area contributed by atoms with Crippen LogP contribution in [0.1, 0.15) is 5.82 Å². The normalized spacial score (nSPS) is 9.41. The van der Waals surface area contributed by atoms with E-state index in [1.807, 2.05) is 18.2 Å². The van der Waals surface area contributed by atoms with E-state index in [1.165, 1.54) is 12.4 Å². The van der Waals surface area contributed by atoms with E-state index in [4.69, 9.17) is 14.7 Å². The van der Waals surface area contributed by atoms with Gasteiger partial charge in [0.25, 0.3) is 0 Å². The van der Waals surface area contributed by atoms with Gasteiger partial charge in [-0.1, -0.05) is 12.1 Å². The summed E-state index contributed by atoms with van der Waals surface area (Å²) in [5, 5.41) is 8.56. The molecule has 0 aliphatic carbocycles. The lowest BCUT2D eigenvalue weighted by molar-refractivity contribution is 0.378. The summed E-state index contributed by atoms with van der Waals surface area (Å²) in [5.41, 5.74) is 0. The first-order valence-corrected chi connectivity index (χ1v) is 4.86. The van der Waals surface area contributed by atoms with Gasteiger partial charge in [-0.15, -0.1) is 0 Å². The highest BCUT2D eigenvalue weighted by Crippen LogP contribution is 2.29. The Bertz CT molecular complexity index is 546. The summed E-state index contributed by atoms with van der Waals surface area (Å²) >= 11 is 0. The van der Waals surface area contributed by atoms with Gasteiger partial charge in [0, 0.05) is 0 Å². The summed E-state index contributed by atoms with van der Waals surface area (Å²) in [7, 11) is 1.57. The third-order valence-corrected chi connectivity index (χ3v) is 2.03. The van der Waals surface area contributed by atoms with Crippen molar-refractivity contribution in [2.24, 2.45) is 0 Å². The van der Waals surface area contributed by atoms with Crippen molar-refractivity contribution in [2.75, 3.05) is 7.11 Å². The van der Waals surface area contributed by atoms with Crippen LogP contribution in [-0.4, -0.2) is 17.1 Å². The predicted molar refractivity (Wildman–Crippen MR) is 59.8 cm³/mol. The number of para-hydroxylation sites is 2. The van der Waals surface area contributed by atoms with Crippen LogP contribution in [0.4, 0.5) is 0 Å². The molecule has 0 fully saturated rings. The molecule has 0 radical (unpaired) electrons. The van der Waals surface area contributed by atoms with Gasteiger partial charge in [0.05, 0.1) is 19.5 Å². The van der Waals surface area contributed by atoms with E-state index in [0.29, 0.717) is 17.2 Å². The average molecular weight is 227 g/mol. The molecule has 1 aromatic carbocycles. The molecule has 2 rings (SSSR count). The van der Waals surface area contributed by atoms with Crippen molar-refractivity contribution in [1.29, 1.82) is 5.26 Å². The second-order valence-electron chi connectivity index (χ2n) is 3.11. The fraction of sp³-hybridized carbons (Fsp3) is 0.0833. The molecular weight excluding hydrogens is 218 g/mol. The fourth-order valence-corrected chi connectivity index (χ4v) is 1.26. The predicted octanol–water partition coefficient (Wildman–Crippen LogP) is 2.15. The molecule has 0 atom stereocenters. The second kappa shape index (κ2) is 4.94. The van der Waals surface area contributed by atoms with Crippen molar-refractivity contribution in [1.82, 2.24) is 9.97 Å². The van der Waals surface area contributed by atoms with Gasteiger partial charge in [-0.2, -0.15) is 5.26 Å². The Labute approximate surface area is 98.3 Å². The molecule has 0 amide bonds. The number of rotatable bonds is 3. The first-order chi connectivity index (χ1) is 8.33. The molecule has 0 aliphatic heterocycles. The number of benzene rings is 1. The van der Waals surface area contributed by atoms with Crippen LogP contribution in [0.5, 0.6) is 17.2 Å². The highest BCUT2D eigenvalue weighted by Gasteiger charge is 2.04. The largest absolute Gasteiger partial charge is 0.493 e. The number of nitrogens with zero attached hydrogens (tertiary/aromatic N) is 3. The summed E-state index contributed by atoms with van der Waals surface area (Å²) < 4.78 is 10.7. The van der Waals surface area contributed by atoms with Gasteiger partial charge in [0.2, 0.25) is 5.82 Å². The third kappa shape index (κ3) is 2.49. The minimum absolute atomic E-state index is 0.109. The molecule has 0 bridgehead atoms. The molecule has 0 N–H and O–H groups in total. The summed E-state index contributed by atoms with van der Waals surface area (Å²) in [6.07, 6.45) is 2.88. The van der Waals surface area contributed by atoms with Crippen LogP contribution in [0.2, 0.25) is 0 Å². The highest BCUT2D eigenvalue weighted by molar-refractivity contribution is 5.41. The number of hydrogen-bond acceptors (Lipinski definition) is 5. The van der Waals surface area contributed by atoms with E-state index < -0.39 is 0 Å². The van der Waals surface area contributed by atoms with Crippen molar-refractivity contribution in [3.63, 3.8) is 0 Å². The first kappa shape index (κ1) is 10.9. The van der Waals surface area contributed by atoms with Gasteiger partial charge >= 0.3 is 0 Å². The minimum Gasteiger partial charge on any atom is -0.493 e. The minimum atomic E-state index is 0.109. The summed E-state index contributed by atoms with van der Waals surface area (Å²) in [4.78, 5) is 7.62. The Morgan fingerprint density at radius 3 is 2.35 bits per heavy atom. The Hall–Kier alpha value is -2.61. The standard InChI is InChI=1S/C12H9N3O2/c1-16-10-4-2-3-5-11(10)17-9-7-14-12(6-13)15-8-9/h2-5,7-8H,1H3. The molecule has 2 aromatic rings. The molecule has 1 aromatic heterocycles. The Morgan fingerprint density at radius 1 is 1.12 bits per heavy atom. The molecule has 0 aliphatic rings. The van der Waals surface area contributed by atoms with E-state index in [2.05, 4.69) is 9.97 Å². The number of ether oxygens (including phenoxy) is 2. The zero-order chi connectivity index (χ0) is 12.1. The molecule has 0 spiro atoms. The molecule has 1 heterocycles. The average Bonchev–Trinajstić information content (AvgIpc) is 2.40. The monoisotopic (exact) mass is 227 g/mol. The van der Waals surface area contributed by atoms with Crippen LogP contribution in [0.3, 0.4) is 0 Å². The Kier molecular flexibility index (Phi) is 3.17. The van der Waals surface area contributed by atoms with E-state index >= 15 is 0 Å². The molecule has 17 heavy (non-hydrogen) atoms. The maximum atomic E-state index is 8.56. The van der Waals surface area contributed by atoms with Crippen molar-refractivity contribution in [3.8, 4) is 23.3 Å². The van der Waals surface area contributed by atoms with E-state index in [9.17, 15) is 0 Å². The topological polar surface area (TPSA) is 68.0 Å². The van der Waals surface area contributed by atoms with Crippen LogP contribution in [0, 0.1) is 11.3 Å².